The summed E-state index contributed by atoms with van der Waals surface area (Å²) < 4.78 is 44.6. The molecule has 0 saturated heterocycles. The fourth-order valence-electron chi connectivity index (χ4n) is 1.94. The second-order valence-corrected chi connectivity index (χ2v) is 5.27. The lowest BCUT2D eigenvalue weighted by Crippen LogP contribution is -2.11. The van der Waals surface area contributed by atoms with Crippen molar-refractivity contribution >= 4 is 21.6 Å². The molecule has 0 bridgehead atoms. The van der Waals surface area contributed by atoms with Crippen LogP contribution < -0.4 is 10.1 Å². The maximum absolute atomic E-state index is 13.0. The number of para-hydroxylation sites is 1. The lowest BCUT2D eigenvalue weighted by Gasteiger charge is -2.16. The summed E-state index contributed by atoms with van der Waals surface area (Å²) in [5.41, 5.74) is 0.124. The molecule has 0 radical (unpaired) electrons. The number of hydrogen-bond acceptors (Lipinski definition) is 2. The van der Waals surface area contributed by atoms with Crippen molar-refractivity contribution < 1.29 is 17.9 Å². The van der Waals surface area contributed by atoms with E-state index in [1.165, 1.54) is 13.2 Å². The smallest absolute Gasteiger partial charge is 0.418 e. The molecule has 2 aromatic carbocycles. The van der Waals surface area contributed by atoms with Gasteiger partial charge in [-0.15, -0.1) is 0 Å². The summed E-state index contributed by atoms with van der Waals surface area (Å²) in [5, 5.41) is 2.82. The Bertz CT molecular complexity index is 629. The first-order chi connectivity index (χ1) is 9.91. The highest BCUT2D eigenvalue weighted by atomic mass is 79.9. The first-order valence-electron chi connectivity index (χ1n) is 6.14. The number of anilines is 1. The van der Waals surface area contributed by atoms with Gasteiger partial charge < -0.3 is 10.1 Å². The molecule has 0 atom stereocenters. The predicted octanol–water partition coefficient (Wildman–Crippen LogP) is 5.09. The van der Waals surface area contributed by atoms with E-state index in [0.717, 1.165) is 11.6 Å². The summed E-state index contributed by atoms with van der Waals surface area (Å²) in [7, 11) is 1.53. The lowest BCUT2D eigenvalue weighted by atomic mass is 10.1. The van der Waals surface area contributed by atoms with E-state index in [1.807, 2.05) is 12.1 Å². The minimum atomic E-state index is -4.41. The fourth-order valence-corrected chi connectivity index (χ4v) is 2.31. The van der Waals surface area contributed by atoms with Crippen LogP contribution in [0.4, 0.5) is 18.9 Å². The molecule has 2 aromatic rings. The predicted molar refractivity (Wildman–Crippen MR) is 79.5 cm³/mol. The number of methoxy groups -OCH3 is 1. The normalized spacial score (nSPS) is 11.3. The van der Waals surface area contributed by atoms with E-state index >= 15 is 0 Å². The summed E-state index contributed by atoms with van der Waals surface area (Å²) >= 11 is 3.06. The van der Waals surface area contributed by atoms with E-state index in [0.29, 0.717) is 10.2 Å². The van der Waals surface area contributed by atoms with Crippen LogP contribution in [0.3, 0.4) is 0 Å². The minimum absolute atomic E-state index is 0.0385. The first-order valence-corrected chi connectivity index (χ1v) is 6.93. The van der Waals surface area contributed by atoms with Gasteiger partial charge in [0.15, 0.2) is 0 Å². The Morgan fingerprint density at radius 1 is 1.14 bits per heavy atom. The van der Waals surface area contributed by atoms with Gasteiger partial charge in [-0.3, -0.25) is 0 Å². The van der Waals surface area contributed by atoms with E-state index < -0.39 is 11.7 Å². The SMILES string of the molecule is COc1ccccc1CNc1ccc(Br)cc1C(F)(F)F. The van der Waals surface area contributed by atoms with Gasteiger partial charge in [-0.2, -0.15) is 13.2 Å². The maximum atomic E-state index is 13.0. The summed E-state index contributed by atoms with van der Waals surface area (Å²) in [4.78, 5) is 0. The molecule has 0 amide bonds. The standard InChI is InChI=1S/C15H13BrF3NO/c1-21-14-5-3-2-4-10(14)9-20-13-7-6-11(16)8-12(13)15(17,18)19/h2-8,20H,9H2,1H3. The van der Waals surface area contributed by atoms with Crippen LogP contribution in [-0.2, 0) is 12.7 Å². The van der Waals surface area contributed by atoms with E-state index in [4.69, 9.17) is 4.74 Å². The molecule has 0 saturated carbocycles. The second-order valence-electron chi connectivity index (χ2n) is 4.35. The zero-order valence-corrected chi connectivity index (χ0v) is 12.8. The third kappa shape index (κ3) is 3.91. The number of halogens is 4. The second kappa shape index (κ2) is 6.39. The number of nitrogens with one attached hydrogen (secondary N) is 1. The van der Waals surface area contributed by atoms with Crippen molar-refractivity contribution in [1.82, 2.24) is 0 Å². The van der Waals surface area contributed by atoms with Crippen molar-refractivity contribution in [2.45, 2.75) is 12.7 Å². The zero-order chi connectivity index (χ0) is 15.5. The summed E-state index contributed by atoms with van der Waals surface area (Å²) in [6.45, 7) is 0.245. The van der Waals surface area contributed by atoms with Gasteiger partial charge in [-0.05, 0) is 24.3 Å². The molecule has 0 spiro atoms. The molecule has 0 aliphatic heterocycles. The number of rotatable bonds is 4. The van der Waals surface area contributed by atoms with Crippen molar-refractivity contribution in [3.63, 3.8) is 0 Å². The topological polar surface area (TPSA) is 21.3 Å². The molecule has 112 valence electrons. The van der Waals surface area contributed by atoms with E-state index in [-0.39, 0.29) is 12.2 Å². The van der Waals surface area contributed by atoms with Gasteiger partial charge in [0.25, 0.3) is 0 Å². The number of hydrogen-bond donors (Lipinski definition) is 1. The highest BCUT2D eigenvalue weighted by molar-refractivity contribution is 9.10. The number of ether oxygens (including phenoxy) is 1. The molecule has 6 heteroatoms. The van der Waals surface area contributed by atoms with Crippen molar-refractivity contribution in [3.05, 3.63) is 58.1 Å². The fraction of sp³-hybridized carbons (Fsp3) is 0.200. The Morgan fingerprint density at radius 3 is 2.52 bits per heavy atom. The Hall–Kier alpha value is -1.69. The summed E-state index contributed by atoms with van der Waals surface area (Å²) in [5.74, 6) is 0.635. The molecule has 0 aromatic heterocycles. The van der Waals surface area contributed by atoms with Crippen molar-refractivity contribution in [3.8, 4) is 5.75 Å². The molecular weight excluding hydrogens is 347 g/mol. The van der Waals surface area contributed by atoms with Gasteiger partial charge >= 0.3 is 6.18 Å². The third-order valence-electron chi connectivity index (χ3n) is 2.95. The Labute approximate surface area is 129 Å². The van der Waals surface area contributed by atoms with Gasteiger partial charge in [0, 0.05) is 22.3 Å². The molecule has 0 aliphatic rings. The molecule has 2 rings (SSSR count). The minimum Gasteiger partial charge on any atom is -0.496 e. The maximum Gasteiger partial charge on any atom is 0.418 e. The number of alkyl halides is 3. The quantitative estimate of drug-likeness (QED) is 0.820. The Kier molecular flexibility index (Phi) is 4.77. The number of benzene rings is 2. The molecular formula is C15H13BrF3NO. The van der Waals surface area contributed by atoms with Gasteiger partial charge in [0.1, 0.15) is 5.75 Å². The molecule has 0 unspecified atom stereocenters. The largest absolute Gasteiger partial charge is 0.496 e. The van der Waals surface area contributed by atoms with Gasteiger partial charge in [0.05, 0.1) is 12.7 Å². The average Bonchev–Trinajstić information content (AvgIpc) is 2.45. The third-order valence-corrected chi connectivity index (χ3v) is 3.44. The van der Waals surface area contributed by atoms with Crippen molar-refractivity contribution in [1.29, 1.82) is 0 Å². The van der Waals surface area contributed by atoms with Crippen LogP contribution in [0.5, 0.6) is 5.75 Å². The highest BCUT2D eigenvalue weighted by Gasteiger charge is 2.33. The monoisotopic (exact) mass is 359 g/mol. The van der Waals surface area contributed by atoms with Crippen LogP contribution in [0, 0.1) is 0 Å². The van der Waals surface area contributed by atoms with Crippen LogP contribution in [0.1, 0.15) is 11.1 Å². The van der Waals surface area contributed by atoms with Gasteiger partial charge in [-0.25, -0.2) is 0 Å². The van der Waals surface area contributed by atoms with E-state index in [2.05, 4.69) is 21.2 Å². The highest BCUT2D eigenvalue weighted by Crippen LogP contribution is 2.36. The van der Waals surface area contributed by atoms with Gasteiger partial charge in [-0.1, -0.05) is 34.1 Å². The molecule has 21 heavy (non-hydrogen) atoms. The molecule has 2 nitrogen and oxygen atoms in total. The first kappa shape index (κ1) is 15.7. The molecule has 0 fully saturated rings. The molecule has 1 N–H and O–H groups in total. The Morgan fingerprint density at radius 2 is 1.86 bits per heavy atom. The van der Waals surface area contributed by atoms with Crippen molar-refractivity contribution in [2.24, 2.45) is 0 Å². The van der Waals surface area contributed by atoms with E-state index in [1.54, 1.807) is 18.2 Å². The van der Waals surface area contributed by atoms with Crippen molar-refractivity contribution in [2.75, 3.05) is 12.4 Å². The van der Waals surface area contributed by atoms with Crippen LogP contribution in [0.2, 0.25) is 0 Å². The average molecular weight is 360 g/mol. The Balaban J connectivity index is 2.24. The molecule has 0 aliphatic carbocycles. The van der Waals surface area contributed by atoms with E-state index in [9.17, 15) is 13.2 Å². The molecule has 0 heterocycles. The van der Waals surface area contributed by atoms with Gasteiger partial charge in [0.2, 0.25) is 0 Å². The van der Waals surface area contributed by atoms with Crippen LogP contribution in [0.25, 0.3) is 0 Å². The zero-order valence-electron chi connectivity index (χ0n) is 11.2. The van der Waals surface area contributed by atoms with Crippen LogP contribution in [0.15, 0.2) is 46.9 Å². The summed E-state index contributed by atoms with van der Waals surface area (Å²) in [6.07, 6.45) is -4.41. The summed E-state index contributed by atoms with van der Waals surface area (Å²) in [6, 6.07) is 11.2. The van der Waals surface area contributed by atoms with Crippen LogP contribution in [-0.4, -0.2) is 7.11 Å². The lowest BCUT2D eigenvalue weighted by molar-refractivity contribution is -0.137. The van der Waals surface area contributed by atoms with Crippen LogP contribution >= 0.6 is 15.9 Å².